The van der Waals surface area contributed by atoms with Crippen molar-refractivity contribution in [3.05, 3.63) is 41.5 Å². The minimum atomic E-state index is 0.582. The molecular weight excluding hydrogens is 216 g/mol. The minimum absolute atomic E-state index is 0.582. The van der Waals surface area contributed by atoms with Crippen molar-refractivity contribution in [2.45, 2.75) is 39.0 Å². The van der Waals surface area contributed by atoms with Crippen LogP contribution in [0.3, 0.4) is 0 Å². The molecule has 0 bridgehead atoms. The molecule has 1 aromatic carbocycles. The maximum Gasteiger partial charge on any atom is 0.0407 e. The van der Waals surface area contributed by atoms with Crippen molar-refractivity contribution >= 4 is 17.7 Å². The average Bonchev–Trinajstić information content (AvgIpc) is 2.33. The average molecular weight is 237 g/mol. The van der Waals surface area contributed by atoms with Crippen molar-refractivity contribution in [2.75, 3.05) is 5.88 Å². The molecular formula is C15H21Cl. The number of hydrogen-bond donors (Lipinski definition) is 0. The molecule has 1 heteroatoms. The molecule has 16 heavy (non-hydrogen) atoms. The first-order valence-corrected chi connectivity index (χ1v) is 6.71. The lowest BCUT2D eigenvalue weighted by Gasteiger charge is -2.01. The Labute approximate surface area is 104 Å². The molecule has 0 saturated heterocycles. The second-order valence-corrected chi connectivity index (χ2v) is 4.42. The Morgan fingerprint density at radius 3 is 2.44 bits per heavy atom. The summed E-state index contributed by atoms with van der Waals surface area (Å²) in [7, 11) is 0. The van der Waals surface area contributed by atoms with Gasteiger partial charge in [0.15, 0.2) is 0 Å². The van der Waals surface area contributed by atoms with Gasteiger partial charge in [-0.2, -0.15) is 0 Å². The molecule has 0 aromatic heterocycles. The fourth-order valence-electron chi connectivity index (χ4n) is 1.73. The van der Waals surface area contributed by atoms with E-state index in [4.69, 9.17) is 11.6 Å². The number of aryl methyl sites for hydroxylation is 1. The predicted octanol–water partition coefficient (Wildman–Crippen LogP) is 5.06. The maximum atomic E-state index is 5.59. The topological polar surface area (TPSA) is 0 Å². The molecule has 0 nitrogen and oxygen atoms in total. The summed E-state index contributed by atoms with van der Waals surface area (Å²) in [6, 6.07) is 8.77. The molecule has 0 saturated carbocycles. The second-order valence-electron chi connectivity index (χ2n) is 4.11. The van der Waals surface area contributed by atoms with Crippen molar-refractivity contribution in [2.24, 2.45) is 0 Å². The lowest BCUT2D eigenvalue weighted by molar-refractivity contribution is 0.667. The van der Waals surface area contributed by atoms with Crippen LogP contribution in [0.15, 0.2) is 30.3 Å². The summed E-state index contributed by atoms with van der Waals surface area (Å²) >= 11 is 5.59. The van der Waals surface area contributed by atoms with E-state index in [9.17, 15) is 0 Å². The van der Waals surface area contributed by atoms with Crippen LogP contribution in [0.5, 0.6) is 0 Å². The van der Waals surface area contributed by atoms with Crippen LogP contribution in [0, 0.1) is 0 Å². The molecule has 0 spiro atoms. The van der Waals surface area contributed by atoms with Gasteiger partial charge in [0.05, 0.1) is 0 Å². The molecule has 0 heterocycles. The third-order valence-corrected chi connectivity index (χ3v) is 2.88. The lowest BCUT2D eigenvalue weighted by Crippen LogP contribution is -1.85. The molecule has 0 aliphatic carbocycles. The van der Waals surface area contributed by atoms with E-state index < -0.39 is 0 Å². The second kappa shape index (κ2) is 8.41. The Morgan fingerprint density at radius 1 is 1.06 bits per heavy atom. The van der Waals surface area contributed by atoms with E-state index in [0.29, 0.717) is 5.88 Å². The van der Waals surface area contributed by atoms with E-state index >= 15 is 0 Å². The number of alkyl halides is 1. The number of allylic oxidation sites excluding steroid dienone is 1. The van der Waals surface area contributed by atoms with Crippen molar-refractivity contribution in [3.8, 4) is 0 Å². The van der Waals surface area contributed by atoms with Crippen LogP contribution < -0.4 is 0 Å². The monoisotopic (exact) mass is 236 g/mol. The van der Waals surface area contributed by atoms with Gasteiger partial charge in [0.25, 0.3) is 0 Å². The van der Waals surface area contributed by atoms with Crippen LogP contribution in [-0.4, -0.2) is 5.88 Å². The van der Waals surface area contributed by atoms with Crippen molar-refractivity contribution in [1.82, 2.24) is 0 Å². The van der Waals surface area contributed by atoms with E-state index in [1.165, 1.54) is 43.2 Å². The Kier molecular flexibility index (Phi) is 7.00. The summed E-state index contributed by atoms with van der Waals surface area (Å²) in [6.45, 7) is 2.25. The van der Waals surface area contributed by atoms with Gasteiger partial charge in [-0.05, 0) is 24.0 Å². The van der Waals surface area contributed by atoms with E-state index in [2.05, 4.69) is 37.3 Å². The van der Waals surface area contributed by atoms with Gasteiger partial charge < -0.3 is 0 Å². The summed E-state index contributed by atoms with van der Waals surface area (Å²) in [4.78, 5) is 0. The third-order valence-electron chi connectivity index (χ3n) is 2.70. The number of benzene rings is 1. The minimum Gasteiger partial charge on any atom is -0.122 e. The predicted molar refractivity (Wildman–Crippen MR) is 74.0 cm³/mol. The Hall–Kier alpha value is -0.750. The highest BCUT2D eigenvalue weighted by atomic mass is 35.5. The Bertz CT molecular complexity index is 298. The van der Waals surface area contributed by atoms with Gasteiger partial charge in [0, 0.05) is 5.88 Å². The molecule has 0 N–H and O–H groups in total. The molecule has 88 valence electrons. The molecule has 0 unspecified atom stereocenters. The number of unbranched alkanes of at least 4 members (excludes halogenated alkanes) is 3. The molecule has 0 aliphatic heterocycles. The summed E-state index contributed by atoms with van der Waals surface area (Å²) in [5.74, 6) is 0.582. The molecule has 0 radical (unpaired) electrons. The zero-order chi connectivity index (χ0) is 11.6. The quantitative estimate of drug-likeness (QED) is 0.459. The zero-order valence-corrected chi connectivity index (χ0v) is 10.8. The summed E-state index contributed by atoms with van der Waals surface area (Å²) in [5.41, 5.74) is 2.68. The highest BCUT2D eigenvalue weighted by Crippen LogP contribution is 2.10. The standard InChI is InChI=1S/C15H21Cl/c1-2-3-4-5-7-14-9-11-15(12-10-14)8-6-13-16/h6,8-12H,2-5,7,13H2,1H3. The van der Waals surface area contributed by atoms with Crippen LogP contribution in [0.25, 0.3) is 6.08 Å². The highest BCUT2D eigenvalue weighted by molar-refractivity contribution is 6.19. The SMILES string of the molecule is CCCCCCc1ccc(C=CCCl)cc1. The largest absolute Gasteiger partial charge is 0.122 e. The van der Waals surface area contributed by atoms with E-state index in [1.807, 2.05) is 6.08 Å². The van der Waals surface area contributed by atoms with Gasteiger partial charge in [-0.1, -0.05) is 62.6 Å². The van der Waals surface area contributed by atoms with Crippen LogP contribution >= 0.6 is 11.6 Å². The fraction of sp³-hybridized carbons (Fsp3) is 0.467. The summed E-state index contributed by atoms with van der Waals surface area (Å²) < 4.78 is 0. The summed E-state index contributed by atoms with van der Waals surface area (Å²) in [6.07, 6.45) is 10.6. The van der Waals surface area contributed by atoms with Gasteiger partial charge in [-0.3, -0.25) is 0 Å². The van der Waals surface area contributed by atoms with E-state index in [1.54, 1.807) is 0 Å². The van der Waals surface area contributed by atoms with Gasteiger partial charge in [0.2, 0.25) is 0 Å². The van der Waals surface area contributed by atoms with Gasteiger partial charge in [0.1, 0.15) is 0 Å². The molecule has 1 aromatic rings. The van der Waals surface area contributed by atoms with Crippen LogP contribution in [0.2, 0.25) is 0 Å². The fourth-order valence-corrected chi connectivity index (χ4v) is 1.82. The lowest BCUT2D eigenvalue weighted by atomic mass is 10.0. The summed E-state index contributed by atoms with van der Waals surface area (Å²) in [5, 5.41) is 0. The molecule has 0 fully saturated rings. The molecule has 1 rings (SSSR count). The first-order valence-electron chi connectivity index (χ1n) is 6.18. The number of hydrogen-bond acceptors (Lipinski definition) is 0. The van der Waals surface area contributed by atoms with Crippen LogP contribution in [-0.2, 0) is 6.42 Å². The maximum absolute atomic E-state index is 5.59. The van der Waals surface area contributed by atoms with E-state index in [-0.39, 0.29) is 0 Å². The van der Waals surface area contributed by atoms with Crippen LogP contribution in [0.4, 0.5) is 0 Å². The Balaban J connectivity index is 2.36. The Morgan fingerprint density at radius 2 is 1.81 bits per heavy atom. The molecule has 0 aliphatic rings. The van der Waals surface area contributed by atoms with Crippen molar-refractivity contribution in [1.29, 1.82) is 0 Å². The molecule has 0 atom stereocenters. The van der Waals surface area contributed by atoms with Crippen molar-refractivity contribution < 1.29 is 0 Å². The van der Waals surface area contributed by atoms with E-state index in [0.717, 1.165) is 0 Å². The van der Waals surface area contributed by atoms with Crippen LogP contribution in [0.1, 0.15) is 43.7 Å². The highest BCUT2D eigenvalue weighted by Gasteiger charge is 1.93. The molecule has 0 amide bonds. The first-order chi connectivity index (χ1) is 7.86. The van der Waals surface area contributed by atoms with Gasteiger partial charge in [-0.25, -0.2) is 0 Å². The van der Waals surface area contributed by atoms with Gasteiger partial charge in [-0.15, -0.1) is 11.6 Å². The number of halogens is 1. The normalized spacial score (nSPS) is 11.1. The van der Waals surface area contributed by atoms with Gasteiger partial charge >= 0.3 is 0 Å². The van der Waals surface area contributed by atoms with Crippen molar-refractivity contribution in [3.63, 3.8) is 0 Å². The first kappa shape index (κ1) is 13.3. The zero-order valence-electron chi connectivity index (χ0n) is 10.1. The number of rotatable bonds is 7. The third kappa shape index (κ3) is 5.37. The smallest absolute Gasteiger partial charge is 0.0407 e.